The number of benzene rings is 2. The average Bonchev–Trinajstić information content (AvgIpc) is 3.31. The number of aromatic nitrogens is 4. The highest BCUT2D eigenvalue weighted by Gasteiger charge is 2.26. The summed E-state index contributed by atoms with van der Waals surface area (Å²) in [7, 11) is 0. The molecule has 0 bridgehead atoms. The Labute approximate surface area is 199 Å². The molecule has 0 radical (unpaired) electrons. The van der Waals surface area contributed by atoms with E-state index >= 15 is 0 Å². The lowest BCUT2D eigenvalue weighted by Gasteiger charge is -2.04. The van der Waals surface area contributed by atoms with Crippen LogP contribution in [0, 0.1) is 6.92 Å². The highest BCUT2D eigenvalue weighted by Crippen LogP contribution is 2.33. The number of thiophene rings is 1. The second-order valence-corrected chi connectivity index (χ2v) is 9.77. The number of carbonyl (C=O) groups is 1. The third-order valence-corrected chi connectivity index (χ3v) is 7.52. The van der Waals surface area contributed by atoms with Crippen LogP contribution >= 0.6 is 11.3 Å². The van der Waals surface area contributed by atoms with Crippen LogP contribution in [0.5, 0.6) is 0 Å². The number of rotatable bonds is 3. The molecule has 7 nitrogen and oxygen atoms in total. The Bertz CT molecular complexity index is 1600. The fourth-order valence-electron chi connectivity index (χ4n) is 4.60. The van der Waals surface area contributed by atoms with Crippen molar-refractivity contribution in [2.45, 2.75) is 39.0 Å². The lowest BCUT2D eigenvalue weighted by molar-refractivity contribution is 0.101. The zero-order chi connectivity index (χ0) is 23.2. The van der Waals surface area contributed by atoms with E-state index in [1.165, 1.54) is 9.28 Å². The Hall–Kier alpha value is -3.78. The quantitative estimate of drug-likeness (QED) is 0.380. The lowest BCUT2D eigenvalue weighted by atomic mass is 10.1. The molecule has 34 heavy (non-hydrogen) atoms. The van der Waals surface area contributed by atoms with E-state index in [0.717, 1.165) is 53.7 Å². The second-order valence-electron chi connectivity index (χ2n) is 8.69. The molecule has 3 aromatic heterocycles. The molecular formula is C26H23N5O2S. The first-order valence-corrected chi connectivity index (χ1v) is 12.3. The highest BCUT2D eigenvalue weighted by atomic mass is 32.1. The third kappa shape index (κ3) is 3.42. The van der Waals surface area contributed by atoms with E-state index in [9.17, 15) is 9.59 Å². The first-order valence-electron chi connectivity index (χ1n) is 11.5. The smallest absolute Gasteiger partial charge is 0.294 e. The fraction of sp³-hybridized carbons (Fsp3) is 0.231. The minimum Gasteiger partial charge on any atom is -0.319 e. The Morgan fingerprint density at radius 2 is 1.76 bits per heavy atom. The first-order chi connectivity index (χ1) is 16.6. The van der Waals surface area contributed by atoms with E-state index in [1.807, 2.05) is 49.4 Å². The Balaban J connectivity index is 1.61. The molecule has 1 aliphatic rings. The van der Waals surface area contributed by atoms with Gasteiger partial charge in [-0.25, -0.2) is 9.38 Å². The van der Waals surface area contributed by atoms with Gasteiger partial charge in [0.05, 0.1) is 11.1 Å². The van der Waals surface area contributed by atoms with Crippen LogP contribution in [0.2, 0.25) is 0 Å². The molecule has 2 aromatic carbocycles. The molecule has 170 valence electrons. The van der Waals surface area contributed by atoms with E-state index < -0.39 is 5.91 Å². The maximum atomic E-state index is 13.9. The van der Waals surface area contributed by atoms with Gasteiger partial charge in [0.1, 0.15) is 4.83 Å². The van der Waals surface area contributed by atoms with Crippen LogP contribution in [0.1, 0.15) is 45.9 Å². The van der Waals surface area contributed by atoms with Crippen molar-refractivity contribution in [2.75, 3.05) is 5.32 Å². The SMILES string of the molecule is Cc1ccc(-n2nc(C(=O)Nc3ccccc3)n3c(=O)c4c5c(sc4nc23)CCCCC5)cc1. The minimum absolute atomic E-state index is 0.0207. The van der Waals surface area contributed by atoms with Crippen LogP contribution in [-0.2, 0) is 12.8 Å². The van der Waals surface area contributed by atoms with Crippen LogP contribution in [-0.4, -0.2) is 25.1 Å². The molecule has 0 aliphatic heterocycles. The number of amides is 1. The van der Waals surface area contributed by atoms with Gasteiger partial charge < -0.3 is 5.32 Å². The lowest BCUT2D eigenvalue weighted by Crippen LogP contribution is -2.23. The summed E-state index contributed by atoms with van der Waals surface area (Å²) >= 11 is 1.60. The van der Waals surface area contributed by atoms with Gasteiger partial charge in [-0.2, -0.15) is 4.68 Å². The predicted octanol–water partition coefficient (Wildman–Crippen LogP) is 4.92. The van der Waals surface area contributed by atoms with Gasteiger partial charge in [0.15, 0.2) is 0 Å². The van der Waals surface area contributed by atoms with Gasteiger partial charge in [-0.05, 0) is 62.4 Å². The van der Waals surface area contributed by atoms with Gasteiger partial charge in [0.25, 0.3) is 11.5 Å². The van der Waals surface area contributed by atoms with Crippen molar-refractivity contribution < 1.29 is 4.79 Å². The molecule has 3 heterocycles. The molecule has 0 spiro atoms. The molecule has 0 unspecified atom stereocenters. The van der Waals surface area contributed by atoms with Crippen molar-refractivity contribution in [3.05, 3.63) is 86.8 Å². The summed E-state index contributed by atoms with van der Waals surface area (Å²) in [5, 5.41) is 8.09. The standard InChI is InChI=1S/C26H23N5O2S/c1-16-12-14-18(15-13-16)31-26-28-24-21(19-10-6-3-7-11-20(19)34-24)25(33)30(26)22(29-31)23(32)27-17-8-4-2-5-9-17/h2,4-5,8-9,12-15H,3,6-7,10-11H2,1H3,(H,27,32). The van der Waals surface area contributed by atoms with Crippen molar-refractivity contribution in [3.63, 3.8) is 0 Å². The molecule has 1 N–H and O–H groups in total. The Morgan fingerprint density at radius 3 is 2.56 bits per heavy atom. The number of aryl methyl sites for hydroxylation is 3. The van der Waals surface area contributed by atoms with E-state index in [2.05, 4.69) is 10.4 Å². The van der Waals surface area contributed by atoms with E-state index in [-0.39, 0.29) is 11.4 Å². The summed E-state index contributed by atoms with van der Waals surface area (Å²) in [6.07, 6.45) is 5.20. The topological polar surface area (TPSA) is 81.3 Å². The number of hydrogen-bond donors (Lipinski definition) is 1. The van der Waals surface area contributed by atoms with Crippen LogP contribution in [0.25, 0.3) is 21.7 Å². The van der Waals surface area contributed by atoms with Gasteiger partial charge in [0.2, 0.25) is 11.6 Å². The second kappa shape index (κ2) is 8.22. The van der Waals surface area contributed by atoms with Crippen LogP contribution in [0.3, 0.4) is 0 Å². The summed E-state index contributed by atoms with van der Waals surface area (Å²) < 4.78 is 2.96. The Morgan fingerprint density at radius 1 is 1.00 bits per heavy atom. The van der Waals surface area contributed by atoms with Gasteiger partial charge in [-0.1, -0.05) is 42.3 Å². The molecular weight excluding hydrogens is 446 g/mol. The van der Waals surface area contributed by atoms with Gasteiger partial charge in [-0.15, -0.1) is 16.4 Å². The summed E-state index contributed by atoms with van der Waals surface area (Å²) in [5.41, 5.74) is 3.36. The fourth-order valence-corrected chi connectivity index (χ4v) is 5.85. The molecule has 0 saturated heterocycles. The van der Waals surface area contributed by atoms with Crippen LogP contribution in [0.15, 0.2) is 59.4 Å². The average molecular weight is 470 g/mol. The number of nitrogens with zero attached hydrogens (tertiary/aromatic N) is 4. The van der Waals surface area contributed by atoms with Crippen molar-refractivity contribution in [3.8, 4) is 5.69 Å². The predicted molar refractivity (Wildman–Crippen MR) is 134 cm³/mol. The van der Waals surface area contributed by atoms with Crippen molar-refractivity contribution >= 4 is 38.9 Å². The van der Waals surface area contributed by atoms with Crippen molar-refractivity contribution in [1.82, 2.24) is 19.2 Å². The first kappa shape index (κ1) is 20.8. The van der Waals surface area contributed by atoms with Gasteiger partial charge in [0, 0.05) is 10.6 Å². The maximum absolute atomic E-state index is 13.9. The van der Waals surface area contributed by atoms with Crippen LogP contribution in [0.4, 0.5) is 5.69 Å². The van der Waals surface area contributed by atoms with Crippen molar-refractivity contribution in [1.29, 1.82) is 0 Å². The molecule has 0 fully saturated rings. The molecule has 0 atom stereocenters. The molecule has 1 amide bonds. The van der Waals surface area contributed by atoms with E-state index in [1.54, 1.807) is 28.2 Å². The molecule has 8 heteroatoms. The summed E-state index contributed by atoms with van der Waals surface area (Å²) in [5.74, 6) is -0.0880. The maximum Gasteiger partial charge on any atom is 0.294 e. The highest BCUT2D eigenvalue weighted by molar-refractivity contribution is 7.18. The zero-order valence-electron chi connectivity index (χ0n) is 18.7. The number of para-hydroxylation sites is 1. The summed E-state index contributed by atoms with van der Waals surface area (Å²) in [4.78, 5) is 34.1. The van der Waals surface area contributed by atoms with E-state index in [0.29, 0.717) is 16.9 Å². The van der Waals surface area contributed by atoms with Gasteiger partial charge >= 0.3 is 0 Å². The minimum atomic E-state index is -0.452. The number of carbonyl (C=O) groups excluding carboxylic acids is 1. The number of nitrogens with one attached hydrogen (secondary N) is 1. The monoisotopic (exact) mass is 469 g/mol. The number of anilines is 1. The molecule has 5 aromatic rings. The molecule has 6 rings (SSSR count). The van der Waals surface area contributed by atoms with E-state index in [4.69, 9.17) is 4.98 Å². The summed E-state index contributed by atoms with van der Waals surface area (Å²) in [6.45, 7) is 2.01. The number of fused-ring (bicyclic) bond motifs is 4. The summed E-state index contributed by atoms with van der Waals surface area (Å²) in [6, 6.07) is 17.0. The molecule has 1 aliphatic carbocycles. The molecule has 0 saturated carbocycles. The number of hydrogen-bond acceptors (Lipinski definition) is 5. The Kier molecular flexibility index (Phi) is 5.03. The van der Waals surface area contributed by atoms with Gasteiger partial charge in [-0.3, -0.25) is 9.59 Å². The largest absolute Gasteiger partial charge is 0.319 e. The zero-order valence-corrected chi connectivity index (χ0v) is 19.6. The third-order valence-electron chi connectivity index (χ3n) is 6.33. The van der Waals surface area contributed by atoms with Crippen LogP contribution < -0.4 is 10.9 Å². The normalized spacial score (nSPS) is 13.7. The van der Waals surface area contributed by atoms with Crippen molar-refractivity contribution in [2.24, 2.45) is 0 Å².